The number of phosphoric acid groups is 2. The molecule has 0 aromatic rings. The molecule has 19 heteroatoms. The van der Waals surface area contributed by atoms with Crippen LogP contribution in [-0.4, -0.2) is 96.7 Å². The fourth-order valence-electron chi connectivity index (χ4n) is 10.7. The molecule has 90 heavy (non-hydrogen) atoms. The van der Waals surface area contributed by atoms with E-state index < -0.39 is 97.5 Å². The van der Waals surface area contributed by atoms with E-state index in [2.05, 4.69) is 55.4 Å². The molecule has 0 rings (SSSR count). The van der Waals surface area contributed by atoms with E-state index in [1.54, 1.807) is 0 Å². The maximum Gasteiger partial charge on any atom is 0.472 e. The van der Waals surface area contributed by atoms with Gasteiger partial charge in [-0.3, -0.25) is 37.3 Å². The number of rotatable bonds is 68. The first-order chi connectivity index (χ1) is 43.1. The second kappa shape index (κ2) is 60.7. The third-order valence-electron chi connectivity index (χ3n) is 16.3. The zero-order valence-electron chi connectivity index (χ0n) is 58.8. The van der Waals surface area contributed by atoms with Crippen LogP contribution in [0, 0.1) is 23.7 Å². The lowest BCUT2D eigenvalue weighted by Gasteiger charge is -2.21. The first kappa shape index (κ1) is 88.1. The molecule has 0 aliphatic heterocycles. The molecule has 0 fully saturated rings. The van der Waals surface area contributed by atoms with Gasteiger partial charge in [-0.2, -0.15) is 0 Å². The SMILES string of the molecule is CC(C)CCCCCCCCCCCCCCC(=O)OC[C@H](COP(=O)(O)OC[C@@H](O)COP(=O)(O)OC[C@@H](COC(=O)CCCCCCCCC(C)C)OC(=O)CCCCCCCCCCCCCC(C)C)OC(=O)CCCCCCCCCCCC(C)C. The molecule has 0 aromatic carbocycles. The number of hydrogen-bond acceptors (Lipinski definition) is 15. The Bertz CT molecular complexity index is 1780. The van der Waals surface area contributed by atoms with Gasteiger partial charge in [-0.15, -0.1) is 0 Å². The predicted octanol–water partition coefficient (Wildman–Crippen LogP) is 20.1. The number of phosphoric ester groups is 2. The molecule has 0 radical (unpaired) electrons. The molecule has 0 amide bonds. The van der Waals surface area contributed by atoms with E-state index in [1.807, 2.05) is 0 Å². The van der Waals surface area contributed by atoms with Crippen LogP contribution in [0.15, 0.2) is 0 Å². The highest BCUT2D eigenvalue weighted by molar-refractivity contribution is 7.47. The van der Waals surface area contributed by atoms with Crippen molar-refractivity contribution in [3.05, 3.63) is 0 Å². The Hall–Kier alpha value is -1.94. The Morgan fingerprint density at radius 1 is 0.278 bits per heavy atom. The quantitative estimate of drug-likeness (QED) is 0.0222. The van der Waals surface area contributed by atoms with Crippen molar-refractivity contribution in [2.45, 2.75) is 369 Å². The second-order valence-electron chi connectivity index (χ2n) is 27.5. The number of carbonyl (C=O) groups excluding carboxylic acids is 4. The molecule has 0 saturated heterocycles. The third kappa shape index (κ3) is 64.8. The molecule has 534 valence electrons. The van der Waals surface area contributed by atoms with Gasteiger partial charge in [0.1, 0.15) is 19.3 Å². The lowest BCUT2D eigenvalue weighted by Crippen LogP contribution is -2.30. The lowest BCUT2D eigenvalue weighted by molar-refractivity contribution is -0.161. The van der Waals surface area contributed by atoms with Gasteiger partial charge in [0.15, 0.2) is 12.2 Å². The molecule has 0 aliphatic rings. The fraction of sp³-hybridized carbons (Fsp3) is 0.944. The summed E-state index contributed by atoms with van der Waals surface area (Å²) in [5.41, 5.74) is 0. The summed E-state index contributed by atoms with van der Waals surface area (Å²) < 4.78 is 68.3. The standard InChI is InChI=1S/C71H138O17P2/c1-61(2)47-39-31-23-17-12-9-10-14-20-26-35-43-51-68(73)81-57-66(87-71(76)54-46-38-28-22-16-19-25-33-41-49-63(5)6)59-85-89(77,78)83-55-65(72)56-84-90(79,80)86-60-67(58-82-69(74)52-44-36-30-29-34-42-50-64(7)8)88-70(75)53-45-37-27-21-15-11-13-18-24-32-40-48-62(3)4/h61-67,72H,9-60H2,1-8H3,(H,77,78)(H,79,80)/t65-,66-,67-/m1/s1. The zero-order chi connectivity index (χ0) is 66.8. The minimum absolute atomic E-state index is 0.105. The topological polar surface area (TPSA) is 237 Å². The molecule has 2 unspecified atom stereocenters. The number of carbonyl (C=O) groups is 4. The largest absolute Gasteiger partial charge is 0.472 e. The van der Waals surface area contributed by atoms with Crippen LogP contribution in [0.4, 0.5) is 0 Å². The Balaban J connectivity index is 5.24. The van der Waals surface area contributed by atoms with Crippen LogP contribution in [-0.2, 0) is 65.4 Å². The lowest BCUT2D eigenvalue weighted by atomic mass is 10.0. The Labute approximate surface area is 549 Å². The highest BCUT2D eigenvalue weighted by atomic mass is 31.2. The van der Waals surface area contributed by atoms with Gasteiger partial charge in [0, 0.05) is 25.7 Å². The van der Waals surface area contributed by atoms with E-state index in [9.17, 15) is 43.2 Å². The molecule has 17 nitrogen and oxygen atoms in total. The molecule has 0 aliphatic carbocycles. The van der Waals surface area contributed by atoms with Gasteiger partial charge in [-0.05, 0) is 49.4 Å². The maximum absolute atomic E-state index is 13.0. The van der Waals surface area contributed by atoms with Crippen molar-refractivity contribution < 1.29 is 80.2 Å². The normalized spacial score (nSPS) is 14.3. The van der Waals surface area contributed by atoms with Gasteiger partial charge in [0.05, 0.1) is 26.4 Å². The van der Waals surface area contributed by atoms with E-state index in [1.165, 1.54) is 148 Å². The molecule has 0 saturated carbocycles. The van der Waals surface area contributed by atoms with Gasteiger partial charge < -0.3 is 33.8 Å². The fourth-order valence-corrected chi connectivity index (χ4v) is 12.2. The average molecular weight is 1330 g/mol. The summed E-state index contributed by atoms with van der Waals surface area (Å²) in [7, 11) is -9.90. The van der Waals surface area contributed by atoms with Crippen LogP contribution in [0.25, 0.3) is 0 Å². The van der Waals surface area contributed by atoms with Crippen LogP contribution >= 0.6 is 15.6 Å². The number of ether oxygens (including phenoxy) is 4. The van der Waals surface area contributed by atoms with Crippen molar-refractivity contribution in [3.63, 3.8) is 0 Å². The summed E-state index contributed by atoms with van der Waals surface area (Å²) in [4.78, 5) is 72.6. The van der Waals surface area contributed by atoms with Gasteiger partial charge in [0.25, 0.3) is 0 Å². The monoisotopic (exact) mass is 1320 g/mol. The second-order valence-corrected chi connectivity index (χ2v) is 30.4. The van der Waals surface area contributed by atoms with E-state index in [0.29, 0.717) is 31.6 Å². The van der Waals surface area contributed by atoms with Gasteiger partial charge >= 0.3 is 39.5 Å². The number of hydrogen-bond donors (Lipinski definition) is 3. The van der Waals surface area contributed by atoms with Crippen LogP contribution in [0.2, 0.25) is 0 Å². The number of aliphatic hydroxyl groups is 1. The molecular formula is C71H138O17P2. The van der Waals surface area contributed by atoms with E-state index >= 15 is 0 Å². The van der Waals surface area contributed by atoms with E-state index in [4.69, 9.17) is 37.0 Å². The summed E-state index contributed by atoms with van der Waals surface area (Å²) >= 11 is 0. The molecule has 3 N–H and O–H groups in total. The summed E-state index contributed by atoms with van der Waals surface area (Å²) in [6, 6.07) is 0. The van der Waals surface area contributed by atoms with E-state index in [-0.39, 0.29) is 25.7 Å². The van der Waals surface area contributed by atoms with Crippen LogP contribution in [0.1, 0.15) is 351 Å². The van der Waals surface area contributed by atoms with Crippen molar-refractivity contribution in [2.24, 2.45) is 23.7 Å². The van der Waals surface area contributed by atoms with Crippen molar-refractivity contribution in [2.75, 3.05) is 39.6 Å². The summed E-state index contributed by atoms with van der Waals surface area (Å²) in [5.74, 6) is 0.833. The molecule has 0 aromatic heterocycles. The Morgan fingerprint density at radius 2 is 0.467 bits per heavy atom. The van der Waals surface area contributed by atoms with Crippen molar-refractivity contribution in [1.29, 1.82) is 0 Å². The summed E-state index contributed by atoms with van der Waals surface area (Å²) in [6.45, 7) is 14.1. The van der Waals surface area contributed by atoms with Crippen LogP contribution < -0.4 is 0 Å². The van der Waals surface area contributed by atoms with Gasteiger partial charge in [0.2, 0.25) is 0 Å². The van der Waals surface area contributed by atoms with Crippen molar-refractivity contribution in [3.8, 4) is 0 Å². The first-order valence-corrected chi connectivity index (χ1v) is 39.7. The Kier molecular flexibility index (Phi) is 59.4. The zero-order valence-corrected chi connectivity index (χ0v) is 60.6. The van der Waals surface area contributed by atoms with Crippen LogP contribution in [0.3, 0.4) is 0 Å². The minimum atomic E-state index is -4.95. The molecule has 5 atom stereocenters. The molecular weight excluding hydrogens is 1190 g/mol. The van der Waals surface area contributed by atoms with E-state index in [0.717, 1.165) is 114 Å². The first-order valence-electron chi connectivity index (χ1n) is 36.7. The highest BCUT2D eigenvalue weighted by Crippen LogP contribution is 2.45. The number of esters is 4. The summed E-state index contributed by atoms with van der Waals surface area (Å²) in [5, 5.41) is 10.6. The minimum Gasteiger partial charge on any atom is -0.462 e. The van der Waals surface area contributed by atoms with Crippen molar-refractivity contribution in [1.82, 2.24) is 0 Å². The molecule has 0 bridgehead atoms. The highest BCUT2D eigenvalue weighted by Gasteiger charge is 2.30. The number of unbranched alkanes of at least 4 members (excludes halogenated alkanes) is 34. The van der Waals surface area contributed by atoms with Crippen LogP contribution in [0.5, 0.6) is 0 Å². The number of aliphatic hydroxyl groups excluding tert-OH is 1. The average Bonchev–Trinajstić information content (AvgIpc) is 2.72. The predicted molar refractivity (Wildman–Crippen MR) is 363 cm³/mol. The smallest absolute Gasteiger partial charge is 0.462 e. The summed E-state index contributed by atoms with van der Waals surface area (Å²) in [6.07, 6.45) is 43.2. The van der Waals surface area contributed by atoms with Crippen molar-refractivity contribution >= 4 is 39.5 Å². The van der Waals surface area contributed by atoms with Gasteiger partial charge in [-0.1, -0.05) is 299 Å². The molecule has 0 spiro atoms. The maximum atomic E-state index is 13.0. The van der Waals surface area contributed by atoms with Gasteiger partial charge in [-0.25, -0.2) is 9.13 Å². The third-order valence-corrected chi connectivity index (χ3v) is 18.2. The molecule has 0 heterocycles. The Morgan fingerprint density at radius 3 is 0.689 bits per heavy atom.